The summed E-state index contributed by atoms with van der Waals surface area (Å²) in [5, 5.41) is 21.5. The van der Waals surface area contributed by atoms with Gasteiger partial charge in [-0.2, -0.15) is 0 Å². The highest BCUT2D eigenvalue weighted by atomic mass is 32.1. The molecule has 2 atom stereocenters. The van der Waals surface area contributed by atoms with Crippen molar-refractivity contribution in [1.82, 2.24) is 20.3 Å². The van der Waals surface area contributed by atoms with Crippen molar-refractivity contribution in [3.63, 3.8) is 0 Å². The van der Waals surface area contributed by atoms with Crippen LogP contribution in [0.1, 0.15) is 65.8 Å². The number of hydrogen-bond acceptors (Lipinski definition) is 5. The minimum absolute atomic E-state index is 0.0205. The lowest BCUT2D eigenvalue weighted by Gasteiger charge is -2.31. The number of aliphatic hydroxyl groups is 1. The van der Waals surface area contributed by atoms with Crippen LogP contribution in [0, 0.1) is 6.92 Å². The first-order chi connectivity index (χ1) is 11.3. The first-order valence-electron chi connectivity index (χ1n) is 8.36. The van der Waals surface area contributed by atoms with Crippen molar-refractivity contribution in [1.29, 1.82) is 0 Å². The average molecular weight is 348 g/mol. The van der Waals surface area contributed by atoms with Crippen LogP contribution in [-0.2, 0) is 5.60 Å². The Labute approximate surface area is 145 Å². The fraction of sp³-hybridized carbons (Fsp3) is 0.588. The fourth-order valence-electron chi connectivity index (χ4n) is 3.11. The Balaban J connectivity index is 1.76. The van der Waals surface area contributed by atoms with Gasteiger partial charge in [-0.05, 0) is 45.7 Å². The molecule has 0 radical (unpaired) electrons. The number of thiophene rings is 1. The topological polar surface area (TPSA) is 80.0 Å². The summed E-state index contributed by atoms with van der Waals surface area (Å²) in [6.45, 7) is 5.39. The molecular formula is C17H24N4O2S. The summed E-state index contributed by atoms with van der Waals surface area (Å²) in [6, 6.07) is 3.94. The largest absolute Gasteiger partial charge is 0.384 e. The average Bonchev–Trinajstić information content (AvgIpc) is 3.16. The van der Waals surface area contributed by atoms with Gasteiger partial charge in [-0.3, -0.25) is 4.79 Å². The SMILES string of the molecule is Cc1ccc(C(=O)N[C@H]2CCCC[C@H]2n2cc(C(C)(C)O)nn2)s1. The van der Waals surface area contributed by atoms with Crippen molar-refractivity contribution in [2.75, 3.05) is 0 Å². The highest BCUT2D eigenvalue weighted by Crippen LogP contribution is 2.30. The van der Waals surface area contributed by atoms with E-state index in [4.69, 9.17) is 0 Å². The molecule has 0 aliphatic heterocycles. The maximum Gasteiger partial charge on any atom is 0.261 e. The van der Waals surface area contributed by atoms with Crippen LogP contribution in [0.4, 0.5) is 0 Å². The molecule has 1 saturated carbocycles. The van der Waals surface area contributed by atoms with Crippen molar-refractivity contribution in [3.8, 4) is 0 Å². The molecule has 0 unspecified atom stereocenters. The molecule has 2 aromatic heterocycles. The molecule has 0 saturated heterocycles. The monoisotopic (exact) mass is 348 g/mol. The lowest BCUT2D eigenvalue weighted by molar-refractivity contribution is 0.0736. The van der Waals surface area contributed by atoms with Crippen LogP contribution in [0.25, 0.3) is 0 Å². The third-order valence-corrected chi connectivity index (χ3v) is 5.49. The number of carbonyl (C=O) groups is 1. The van der Waals surface area contributed by atoms with Gasteiger partial charge in [0.1, 0.15) is 11.3 Å². The predicted molar refractivity (Wildman–Crippen MR) is 93.1 cm³/mol. The number of carbonyl (C=O) groups excluding carboxylic acids is 1. The molecule has 0 spiro atoms. The van der Waals surface area contributed by atoms with Gasteiger partial charge in [0.25, 0.3) is 5.91 Å². The van der Waals surface area contributed by atoms with Gasteiger partial charge < -0.3 is 10.4 Å². The molecule has 7 heteroatoms. The third kappa shape index (κ3) is 3.67. The molecule has 2 heterocycles. The maximum absolute atomic E-state index is 12.5. The first-order valence-corrected chi connectivity index (χ1v) is 9.18. The van der Waals surface area contributed by atoms with Crippen molar-refractivity contribution in [2.45, 2.75) is 64.1 Å². The molecule has 2 aromatic rings. The molecule has 3 rings (SSSR count). The highest BCUT2D eigenvalue weighted by molar-refractivity contribution is 7.13. The quantitative estimate of drug-likeness (QED) is 0.890. The van der Waals surface area contributed by atoms with Gasteiger partial charge in [0.2, 0.25) is 0 Å². The molecular weight excluding hydrogens is 324 g/mol. The molecule has 1 fully saturated rings. The summed E-state index contributed by atoms with van der Waals surface area (Å²) in [5.74, 6) is -0.0205. The van der Waals surface area contributed by atoms with Gasteiger partial charge in [0, 0.05) is 4.88 Å². The molecule has 0 aromatic carbocycles. The summed E-state index contributed by atoms with van der Waals surface area (Å²) in [5.41, 5.74) is -0.466. The number of aromatic nitrogens is 3. The summed E-state index contributed by atoms with van der Waals surface area (Å²) in [4.78, 5) is 14.4. The zero-order chi connectivity index (χ0) is 17.3. The number of nitrogens with one attached hydrogen (secondary N) is 1. The van der Waals surface area contributed by atoms with E-state index in [1.165, 1.54) is 11.3 Å². The molecule has 1 amide bonds. The number of aryl methyl sites for hydroxylation is 1. The highest BCUT2D eigenvalue weighted by Gasteiger charge is 2.31. The number of nitrogens with zero attached hydrogens (tertiary/aromatic N) is 3. The number of amides is 1. The second-order valence-electron chi connectivity index (χ2n) is 6.98. The number of hydrogen-bond donors (Lipinski definition) is 2. The van der Waals surface area contributed by atoms with Crippen LogP contribution in [0.2, 0.25) is 0 Å². The van der Waals surface area contributed by atoms with Gasteiger partial charge in [0.05, 0.1) is 23.2 Å². The van der Waals surface area contributed by atoms with Crippen molar-refractivity contribution >= 4 is 17.2 Å². The van der Waals surface area contributed by atoms with Crippen LogP contribution in [-0.4, -0.2) is 32.0 Å². The maximum atomic E-state index is 12.5. The summed E-state index contributed by atoms with van der Waals surface area (Å²) < 4.78 is 1.80. The summed E-state index contributed by atoms with van der Waals surface area (Å²) in [6.07, 6.45) is 5.87. The zero-order valence-corrected chi connectivity index (χ0v) is 15.1. The van der Waals surface area contributed by atoms with Gasteiger partial charge in [0.15, 0.2) is 0 Å². The van der Waals surface area contributed by atoms with Crippen LogP contribution >= 0.6 is 11.3 Å². The van der Waals surface area contributed by atoms with E-state index in [1.54, 1.807) is 24.7 Å². The molecule has 6 nitrogen and oxygen atoms in total. The van der Waals surface area contributed by atoms with E-state index in [2.05, 4.69) is 15.6 Å². The van der Waals surface area contributed by atoms with E-state index in [0.29, 0.717) is 5.69 Å². The lowest BCUT2D eigenvalue weighted by Crippen LogP contribution is -2.43. The summed E-state index contributed by atoms with van der Waals surface area (Å²) in [7, 11) is 0. The van der Waals surface area contributed by atoms with Gasteiger partial charge >= 0.3 is 0 Å². The van der Waals surface area contributed by atoms with Crippen LogP contribution < -0.4 is 5.32 Å². The Kier molecular flexibility index (Phi) is 4.73. The molecule has 130 valence electrons. The smallest absolute Gasteiger partial charge is 0.261 e. The van der Waals surface area contributed by atoms with Gasteiger partial charge in [-0.15, -0.1) is 16.4 Å². The van der Waals surface area contributed by atoms with Crippen LogP contribution in [0.5, 0.6) is 0 Å². The standard InChI is InChI=1S/C17H24N4O2S/c1-11-8-9-14(24-11)16(22)18-12-6-4-5-7-13(12)21-10-15(19-20-21)17(2,3)23/h8-10,12-13,23H,4-7H2,1-3H3,(H,18,22)/t12-,13+/m0/s1. The summed E-state index contributed by atoms with van der Waals surface area (Å²) >= 11 is 1.51. The van der Waals surface area contributed by atoms with Crippen LogP contribution in [0.15, 0.2) is 18.3 Å². The second kappa shape index (κ2) is 6.64. The van der Waals surface area contributed by atoms with Gasteiger partial charge in [-0.1, -0.05) is 18.1 Å². The predicted octanol–water partition coefficient (Wildman–Crippen LogP) is 2.79. The van der Waals surface area contributed by atoms with E-state index in [1.807, 2.05) is 19.1 Å². The minimum atomic E-state index is -1.01. The fourth-order valence-corrected chi connectivity index (χ4v) is 3.88. The normalized spacial score (nSPS) is 21.7. The van der Waals surface area contributed by atoms with Crippen LogP contribution in [0.3, 0.4) is 0 Å². The Morgan fingerprint density at radius 2 is 2.12 bits per heavy atom. The Morgan fingerprint density at radius 3 is 2.75 bits per heavy atom. The second-order valence-corrected chi connectivity index (χ2v) is 8.27. The molecule has 2 N–H and O–H groups in total. The van der Waals surface area contributed by atoms with Gasteiger partial charge in [-0.25, -0.2) is 4.68 Å². The molecule has 0 bridgehead atoms. The van der Waals surface area contributed by atoms with E-state index in [-0.39, 0.29) is 18.0 Å². The van der Waals surface area contributed by atoms with Crippen molar-refractivity contribution < 1.29 is 9.90 Å². The zero-order valence-electron chi connectivity index (χ0n) is 14.3. The molecule has 24 heavy (non-hydrogen) atoms. The Hall–Kier alpha value is -1.73. The Bertz CT molecular complexity index is 716. The Morgan fingerprint density at radius 1 is 1.38 bits per heavy atom. The van der Waals surface area contributed by atoms with E-state index < -0.39 is 5.60 Å². The number of rotatable bonds is 4. The lowest BCUT2D eigenvalue weighted by atomic mass is 9.90. The molecule has 1 aliphatic carbocycles. The van der Waals surface area contributed by atoms with Crippen molar-refractivity contribution in [3.05, 3.63) is 33.8 Å². The van der Waals surface area contributed by atoms with E-state index in [9.17, 15) is 9.90 Å². The van der Waals surface area contributed by atoms with E-state index >= 15 is 0 Å². The van der Waals surface area contributed by atoms with Crippen molar-refractivity contribution in [2.24, 2.45) is 0 Å². The molecule has 1 aliphatic rings. The first kappa shape index (κ1) is 17.1. The third-order valence-electron chi connectivity index (χ3n) is 4.49. The van der Waals surface area contributed by atoms with E-state index in [0.717, 1.165) is 35.4 Å². The minimum Gasteiger partial charge on any atom is -0.384 e.